The molecule has 2 aliphatic rings. The Bertz CT molecular complexity index is 1450. The van der Waals surface area contributed by atoms with E-state index in [4.69, 9.17) is 0 Å². The van der Waals surface area contributed by atoms with E-state index in [0.29, 0.717) is 0 Å². The van der Waals surface area contributed by atoms with Gasteiger partial charge in [0.05, 0.1) is 0 Å². The smallest absolute Gasteiger partial charge is 0.170 e. The van der Waals surface area contributed by atoms with Gasteiger partial charge in [-0.2, -0.15) is 0 Å². The van der Waals surface area contributed by atoms with Gasteiger partial charge in [-0.15, -0.1) is 0 Å². The molecule has 0 N–H and O–H groups in total. The predicted molar refractivity (Wildman–Crippen MR) is 182 cm³/mol. The molecule has 42 heavy (non-hydrogen) atoms. The molecular weight excluding hydrogens is 510 g/mol. The van der Waals surface area contributed by atoms with Gasteiger partial charge in [0.1, 0.15) is 0 Å². The van der Waals surface area contributed by atoms with Gasteiger partial charge in [0.15, 0.2) is 5.78 Å². The Labute approximate surface area is 255 Å². The average Bonchev–Trinajstić information content (AvgIpc) is 3.03. The highest BCUT2D eigenvalue weighted by Gasteiger charge is 2.30. The third-order valence-electron chi connectivity index (χ3n) is 8.61. The lowest BCUT2D eigenvalue weighted by Crippen LogP contribution is -2.22. The van der Waals surface area contributed by atoms with E-state index >= 15 is 0 Å². The molecule has 0 spiro atoms. The fourth-order valence-corrected chi connectivity index (χ4v) is 6.12. The molecule has 0 saturated heterocycles. The monoisotopic (exact) mass is 559 g/mol. The zero-order valence-corrected chi connectivity index (χ0v) is 26.2. The molecule has 5 rings (SSSR count). The zero-order chi connectivity index (χ0) is 30.1. The van der Waals surface area contributed by atoms with Crippen molar-refractivity contribution in [2.45, 2.75) is 85.5 Å². The molecule has 0 aliphatic heterocycles. The number of benzene rings is 2. The number of carbonyl (C=O) groups excluding carboxylic acids is 1. The minimum Gasteiger partial charge on any atom is -0.293 e. The molecule has 2 aromatic carbocycles. The molecule has 0 bridgehead atoms. The van der Waals surface area contributed by atoms with Gasteiger partial charge in [-0.25, -0.2) is 0 Å². The van der Waals surface area contributed by atoms with Crippen molar-refractivity contribution in [3.8, 4) is 11.1 Å². The van der Waals surface area contributed by atoms with Crippen LogP contribution in [0, 0.1) is 12.8 Å². The van der Waals surface area contributed by atoms with E-state index in [1.807, 2.05) is 39.1 Å². The number of nitrogens with zero attached hydrogens (tertiary/aromatic N) is 1. The van der Waals surface area contributed by atoms with Crippen LogP contribution in [0.2, 0.25) is 0 Å². The molecule has 0 radical (unpaired) electrons. The second-order valence-electron chi connectivity index (χ2n) is 11.6. The quantitative estimate of drug-likeness (QED) is 0.288. The highest BCUT2D eigenvalue weighted by atomic mass is 16.1. The summed E-state index contributed by atoms with van der Waals surface area (Å²) in [6.07, 6.45) is 16.7. The summed E-state index contributed by atoms with van der Waals surface area (Å²) in [6.45, 7) is 14.6. The van der Waals surface area contributed by atoms with Crippen molar-refractivity contribution in [1.82, 2.24) is 4.98 Å². The first-order chi connectivity index (χ1) is 20.4. The maximum absolute atomic E-state index is 13.4. The van der Waals surface area contributed by atoms with Crippen LogP contribution in [0.25, 0.3) is 16.7 Å². The maximum Gasteiger partial charge on any atom is 0.170 e. The average molecular weight is 560 g/mol. The Hall–Kier alpha value is -3.78. The SMILES string of the molecule is C=C1/C(=C\C=C(/C)Cc2ccc(C3CCCCC3)cc2)C=C(c2ccc(-c3ccc(C)nc3)cc2)C(=O)C1CC.CC.[HH]. The number of carbonyl (C=O) groups is 1. The van der Waals surface area contributed by atoms with Gasteiger partial charge in [0.25, 0.3) is 0 Å². The molecule has 1 fully saturated rings. The number of pyridine rings is 1. The van der Waals surface area contributed by atoms with E-state index in [0.717, 1.165) is 57.9 Å². The number of rotatable bonds is 7. The third-order valence-corrected chi connectivity index (χ3v) is 8.61. The van der Waals surface area contributed by atoms with E-state index in [1.165, 1.54) is 48.8 Å². The standard InChI is InChI=1S/C38H41NO.C2H6.H2/c1-5-36-28(4)34(15-11-26(2)23-29-13-17-31(18-14-29)30-9-7-6-8-10-30)24-37(38(36)40)33-21-19-32(20-22-33)35-16-12-27(3)39-25-35;1-2;/h11-22,24-25,30,36H,4-10,23H2,1-3H3;1-2H3;1H/b26-11+,34-15-;;. The summed E-state index contributed by atoms with van der Waals surface area (Å²) in [4.78, 5) is 17.9. The van der Waals surface area contributed by atoms with Gasteiger partial charge in [-0.1, -0.05) is 119 Å². The summed E-state index contributed by atoms with van der Waals surface area (Å²) >= 11 is 0. The molecular formula is C40H49NO. The number of allylic oxidation sites excluding steroid dienone is 7. The van der Waals surface area contributed by atoms with Gasteiger partial charge in [0, 0.05) is 30.4 Å². The molecule has 220 valence electrons. The third kappa shape index (κ3) is 7.53. The topological polar surface area (TPSA) is 30.0 Å². The van der Waals surface area contributed by atoms with Crippen LogP contribution in [0.5, 0.6) is 0 Å². The number of aromatic nitrogens is 1. The molecule has 2 heteroatoms. The van der Waals surface area contributed by atoms with Crippen LogP contribution in [-0.4, -0.2) is 10.8 Å². The van der Waals surface area contributed by atoms with Gasteiger partial charge < -0.3 is 0 Å². The second-order valence-corrected chi connectivity index (χ2v) is 11.6. The van der Waals surface area contributed by atoms with Crippen molar-refractivity contribution >= 4 is 11.4 Å². The summed E-state index contributed by atoms with van der Waals surface area (Å²) < 4.78 is 0. The fraction of sp³-hybridized carbons (Fsp3) is 0.350. The lowest BCUT2D eigenvalue weighted by atomic mass is 9.77. The van der Waals surface area contributed by atoms with E-state index in [2.05, 4.69) is 92.2 Å². The normalized spacial score (nSPS) is 18.9. The number of Topliss-reactive ketones (excluding diaryl/α,β-unsaturated/α-hetero) is 1. The van der Waals surface area contributed by atoms with Crippen molar-refractivity contribution in [2.24, 2.45) is 5.92 Å². The predicted octanol–water partition coefficient (Wildman–Crippen LogP) is 11.0. The van der Waals surface area contributed by atoms with Crippen LogP contribution in [0.15, 0.2) is 108 Å². The van der Waals surface area contributed by atoms with Crippen molar-refractivity contribution in [2.75, 3.05) is 0 Å². The van der Waals surface area contributed by atoms with Gasteiger partial charge in [-0.3, -0.25) is 9.78 Å². The molecule has 1 atom stereocenters. The lowest BCUT2D eigenvalue weighted by Gasteiger charge is -2.25. The Morgan fingerprint density at radius 3 is 2.19 bits per heavy atom. The Kier molecular flexibility index (Phi) is 11.1. The van der Waals surface area contributed by atoms with Crippen molar-refractivity contribution in [3.05, 3.63) is 131 Å². The van der Waals surface area contributed by atoms with Gasteiger partial charge in [0.2, 0.25) is 0 Å². The molecule has 0 amide bonds. The van der Waals surface area contributed by atoms with Crippen molar-refractivity contribution in [3.63, 3.8) is 0 Å². The first-order valence-corrected chi connectivity index (χ1v) is 15.9. The van der Waals surface area contributed by atoms with E-state index in [1.54, 1.807) is 0 Å². The number of aryl methyl sites for hydroxylation is 1. The van der Waals surface area contributed by atoms with Crippen LogP contribution < -0.4 is 0 Å². The van der Waals surface area contributed by atoms with Crippen LogP contribution in [0.4, 0.5) is 0 Å². The van der Waals surface area contributed by atoms with E-state index in [9.17, 15) is 4.79 Å². The fourth-order valence-electron chi connectivity index (χ4n) is 6.12. The summed E-state index contributed by atoms with van der Waals surface area (Å²) in [5.74, 6) is 0.717. The number of hydrogen-bond acceptors (Lipinski definition) is 2. The molecule has 2 aliphatic carbocycles. The van der Waals surface area contributed by atoms with Crippen LogP contribution in [-0.2, 0) is 11.2 Å². The summed E-state index contributed by atoms with van der Waals surface area (Å²) in [6, 6.07) is 21.6. The largest absolute Gasteiger partial charge is 0.293 e. The zero-order valence-electron chi connectivity index (χ0n) is 26.2. The van der Waals surface area contributed by atoms with E-state index in [-0.39, 0.29) is 13.1 Å². The van der Waals surface area contributed by atoms with E-state index < -0.39 is 0 Å². The van der Waals surface area contributed by atoms with Gasteiger partial charge in [-0.05, 0) is 91.0 Å². The molecule has 2 nitrogen and oxygen atoms in total. The number of hydrogen-bond donors (Lipinski definition) is 0. The van der Waals surface area contributed by atoms with Crippen LogP contribution in [0.1, 0.15) is 95.9 Å². The summed E-state index contributed by atoms with van der Waals surface area (Å²) in [5, 5.41) is 0. The minimum atomic E-state index is -0.187. The molecule has 1 unspecified atom stereocenters. The Balaban J connectivity index is 0.00000165. The summed E-state index contributed by atoms with van der Waals surface area (Å²) in [7, 11) is 0. The molecule has 1 saturated carbocycles. The highest BCUT2D eigenvalue weighted by Crippen LogP contribution is 2.37. The van der Waals surface area contributed by atoms with Crippen LogP contribution in [0.3, 0.4) is 0 Å². The molecule has 3 aromatic rings. The number of ketones is 1. The van der Waals surface area contributed by atoms with Crippen molar-refractivity contribution in [1.29, 1.82) is 0 Å². The van der Waals surface area contributed by atoms with Gasteiger partial charge >= 0.3 is 0 Å². The van der Waals surface area contributed by atoms with Crippen LogP contribution >= 0.6 is 0 Å². The highest BCUT2D eigenvalue weighted by molar-refractivity contribution is 6.24. The molecule has 1 aromatic heterocycles. The Morgan fingerprint density at radius 1 is 0.929 bits per heavy atom. The maximum atomic E-state index is 13.4. The lowest BCUT2D eigenvalue weighted by molar-refractivity contribution is -0.116. The molecule has 1 heterocycles. The van der Waals surface area contributed by atoms with Crippen molar-refractivity contribution < 1.29 is 6.22 Å². The first kappa shape index (κ1) is 31.2. The Morgan fingerprint density at radius 2 is 1.57 bits per heavy atom. The minimum absolute atomic E-state index is 0. The summed E-state index contributed by atoms with van der Waals surface area (Å²) in [5.41, 5.74) is 11.0. The second kappa shape index (κ2) is 14.9. The first-order valence-electron chi connectivity index (χ1n) is 15.9.